The van der Waals surface area contributed by atoms with Crippen LogP contribution >= 0.6 is 0 Å². The summed E-state index contributed by atoms with van der Waals surface area (Å²) in [5.41, 5.74) is 7.04. The number of carbonyl (C=O) groups is 1. The van der Waals surface area contributed by atoms with Crippen molar-refractivity contribution in [3.8, 4) is 0 Å². The molecule has 0 spiro atoms. The number of ether oxygens (including phenoxy) is 1. The molecule has 4 nitrogen and oxygen atoms in total. The van der Waals surface area contributed by atoms with Crippen LogP contribution < -0.4 is 5.32 Å². The van der Waals surface area contributed by atoms with Crippen LogP contribution in [0.3, 0.4) is 0 Å². The van der Waals surface area contributed by atoms with Crippen molar-refractivity contribution in [1.29, 1.82) is 0 Å². The zero-order valence-corrected chi connectivity index (χ0v) is 17.2. The molecule has 0 bridgehead atoms. The van der Waals surface area contributed by atoms with Crippen LogP contribution in [0.1, 0.15) is 45.5 Å². The second-order valence-corrected chi connectivity index (χ2v) is 7.87. The molecule has 2 aromatic rings. The van der Waals surface area contributed by atoms with Crippen molar-refractivity contribution in [3.63, 3.8) is 0 Å². The molecular formula is C25H30N2O2. The normalized spacial score (nSPS) is 18.4. The van der Waals surface area contributed by atoms with Gasteiger partial charge < -0.3 is 15.0 Å². The summed E-state index contributed by atoms with van der Waals surface area (Å²) in [6.07, 6.45) is 6.61. The Kier molecular flexibility index (Phi) is 6.43. The fourth-order valence-corrected chi connectivity index (χ4v) is 4.44. The predicted octanol–water partition coefficient (Wildman–Crippen LogP) is 3.69. The predicted molar refractivity (Wildman–Crippen MR) is 117 cm³/mol. The summed E-state index contributed by atoms with van der Waals surface area (Å²) < 4.78 is 4.96. The maximum Gasteiger partial charge on any atom is 0.337 e. The highest BCUT2D eigenvalue weighted by molar-refractivity contribution is 5.92. The summed E-state index contributed by atoms with van der Waals surface area (Å²) in [7, 11) is 1.44. The van der Waals surface area contributed by atoms with Crippen LogP contribution in [0.4, 0.5) is 0 Å². The van der Waals surface area contributed by atoms with Gasteiger partial charge in [-0.2, -0.15) is 0 Å². The number of hydrogen-bond donors (Lipinski definition) is 1. The van der Waals surface area contributed by atoms with Gasteiger partial charge in [-0.15, -0.1) is 0 Å². The van der Waals surface area contributed by atoms with Crippen molar-refractivity contribution in [3.05, 3.63) is 76.4 Å². The van der Waals surface area contributed by atoms with Gasteiger partial charge in [0.1, 0.15) is 0 Å². The van der Waals surface area contributed by atoms with E-state index in [4.69, 9.17) is 4.74 Å². The van der Waals surface area contributed by atoms with Gasteiger partial charge in [0.25, 0.3) is 0 Å². The van der Waals surface area contributed by atoms with Crippen molar-refractivity contribution in [2.24, 2.45) is 0 Å². The number of benzene rings is 2. The minimum absolute atomic E-state index is 0.276. The van der Waals surface area contributed by atoms with Crippen LogP contribution in [0.2, 0.25) is 0 Å². The van der Waals surface area contributed by atoms with Gasteiger partial charge in [0, 0.05) is 19.6 Å². The summed E-state index contributed by atoms with van der Waals surface area (Å²) >= 11 is 0. The van der Waals surface area contributed by atoms with Crippen molar-refractivity contribution >= 4 is 11.5 Å². The number of methoxy groups -OCH3 is 1. The Balaban J connectivity index is 1.67. The van der Waals surface area contributed by atoms with Crippen LogP contribution in [0.15, 0.2) is 48.5 Å². The zero-order valence-electron chi connectivity index (χ0n) is 17.2. The molecule has 2 aromatic carbocycles. The van der Waals surface area contributed by atoms with E-state index in [0.717, 1.165) is 52.0 Å². The molecule has 0 amide bonds. The van der Waals surface area contributed by atoms with Gasteiger partial charge in [0.15, 0.2) is 0 Å². The van der Waals surface area contributed by atoms with Crippen molar-refractivity contribution < 1.29 is 9.53 Å². The van der Waals surface area contributed by atoms with Crippen LogP contribution in [0, 0.1) is 0 Å². The molecule has 1 aliphatic carbocycles. The van der Waals surface area contributed by atoms with Crippen LogP contribution in [0.25, 0.3) is 5.57 Å². The van der Waals surface area contributed by atoms with Crippen molar-refractivity contribution in [2.45, 2.75) is 25.7 Å². The molecule has 2 aliphatic rings. The molecule has 1 N–H and O–H groups in total. The first-order chi connectivity index (χ1) is 14.3. The Morgan fingerprint density at radius 1 is 1.07 bits per heavy atom. The SMILES string of the molecule is COC(=O)c1ccc2c(c1)C(=CCCN1CCCNCC1)c1ccccc1CC2. The lowest BCUT2D eigenvalue weighted by Crippen LogP contribution is -2.28. The van der Waals surface area contributed by atoms with Gasteiger partial charge in [-0.25, -0.2) is 4.79 Å². The van der Waals surface area contributed by atoms with Gasteiger partial charge in [0.2, 0.25) is 0 Å². The molecule has 1 fully saturated rings. The minimum Gasteiger partial charge on any atom is -0.465 e. The number of rotatable bonds is 4. The number of aryl methyl sites for hydroxylation is 2. The molecule has 0 unspecified atom stereocenters. The lowest BCUT2D eigenvalue weighted by Gasteiger charge is -2.19. The lowest BCUT2D eigenvalue weighted by atomic mass is 9.92. The molecule has 0 saturated carbocycles. The van der Waals surface area contributed by atoms with Crippen molar-refractivity contribution in [2.75, 3.05) is 39.8 Å². The fraction of sp³-hybridized carbons (Fsp3) is 0.400. The average Bonchev–Trinajstić information content (AvgIpc) is 3.11. The highest BCUT2D eigenvalue weighted by atomic mass is 16.5. The molecular weight excluding hydrogens is 360 g/mol. The third kappa shape index (κ3) is 4.60. The topological polar surface area (TPSA) is 41.6 Å². The van der Waals surface area contributed by atoms with Gasteiger partial charge in [-0.05, 0) is 78.7 Å². The van der Waals surface area contributed by atoms with Gasteiger partial charge in [-0.3, -0.25) is 0 Å². The van der Waals surface area contributed by atoms with E-state index >= 15 is 0 Å². The second-order valence-electron chi connectivity index (χ2n) is 7.87. The van der Waals surface area contributed by atoms with E-state index in [1.54, 1.807) is 0 Å². The standard InChI is InChI=1S/C25H30N2O2/c1-29-25(28)21-12-11-20-10-9-19-6-2-3-7-22(19)23(24(20)18-21)8-4-15-27-16-5-13-26-14-17-27/h2-3,6-8,11-12,18,26H,4-5,9-10,13-17H2,1H3. The number of fused-ring (bicyclic) bond motifs is 2. The van der Waals surface area contributed by atoms with E-state index in [9.17, 15) is 4.79 Å². The largest absolute Gasteiger partial charge is 0.465 e. The molecule has 1 heterocycles. The number of nitrogens with zero attached hydrogens (tertiary/aromatic N) is 1. The van der Waals surface area contributed by atoms with E-state index in [2.05, 4.69) is 46.6 Å². The Morgan fingerprint density at radius 2 is 1.90 bits per heavy atom. The van der Waals surface area contributed by atoms with Crippen molar-refractivity contribution in [1.82, 2.24) is 10.2 Å². The Bertz CT molecular complexity index is 895. The Morgan fingerprint density at radius 3 is 2.76 bits per heavy atom. The molecule has 1 saturated heterocycles. The highest BCUT2D eigenvalue weighted by Crippen LogP contribution is 2.34. The van der Waals surface area contributed by atoms with Gasteiger partial charge in [0.05, 0.1) is 12.7 Å². The summed E-state index contributed by atoms with van der Waals surface area (Å²) in [6.45, 7) is 5.54. The molecule has 4 heteroatoms. The summed E-state index contributed by atoms with van der Waals surface area (Å²) in [5.74, 6) is -0.276. The molecule has 0 radical (unpaired) electrons. The minimum atomic E-state index is -0.276. The van der Waals surface area contributed by atoms with E-state index in [0.29, 0.717) is 5.56 Å². The number of esters is 1. The van der Waals surface area contributed by atoms with E-state index < -0.39 is 0 Å². The quantitative estimate of drug-likeness (QED) is 0.809. The smallest absolute Gasteiger partial charge is 0.337 e. The van der Waals surface area contributed by atoms with E-state index in [1.165, 1.54) is 41.4 Å². The molecule has 152 valence electrons. The third-order valence-corrected chi connectivity index (χ3v) is 6.02. The lowest BCUT2D eigenvalue weighted by molar-refractivity contribution is 0.0600. The first-order valence-electron chi connectivity index (χ1n) is 10.7. The molecule has 1 aliphatic heterocycles. The molecule has 4 rings (SSSR count). The number of nitrogens with one attached hydrogen (secondary N) is 1. The number of carbonyl (C=O) groups excluding carboxylic acids is 1. The number of hydrogen-bond acceptors (Lipinski definition) is 4. The van der Waals surface area contributed by atoms with E-state index in [-0.39, 0.29) is 5.97 Å². The molecule has 29 heavy (non-hydrogen) atoms. The Hall–Kier alpha value is -2.43. The molecule has 0 atom stereocenters. The van der Waals surface area contributed by atoms with Crippen LogP contribution in [-0.2, 0) is 17.6 Å². The zero-order chi connectivity index (χ0) is 20.1. The van der Waals surface area contributed by atoms with Gasteiger partial charge in [-0.1, -0.05) is 36.4 Å². The first kappa shape index (κ1) is 19.9. The Labute approximate surface area is 173 Å². The van der Waals surface area contributed by atoms with Gasteiger partial charge >= 0.3 is 5.97 Å². The molecule has 0 aromatic heterocycles. The summed E-state index contributed by atoms with van der Waals surface area (Å²) in [4.78, 5) is 14.7. The average molecular weight is 391 g/mol. The summed E-state index contributed by atoms with van der Waals surface area (Å²) in [6, 6.07) is 14.7. The van der Waals surface area contributed by atoms with Crippen LogP contribution in [0.5, 0.6) is 0 Å². The monoisotopic (exact) mass is 390 g/mol. The summed E-state index contributed by atoms with van der Waals surface area (Å²) in [5, 5.41) is 3.47. The third-order valence-electron chi connectivity index (χ3n) is 6.02. The maximum absolute atomic E-state index is 12.1. The highest BCUT2D eigenvalue weighted by Gasteiger charge is 2.20. The van der Waals surface area contributed by atoms with E-state index in [1.807, 2.05) is 12.1 Å². The maximum atomic E-state index is 12.1. The first-order valence-corrected chi connectivity index (χ1v) is 10.7. The second kappa shape index (κ2) is 9.38. The fourth-order valence-electron chi connectivity index (χ4n) is 4.44. The van der Waals surface area contributed by atoms with Crippen LogP contribution in [-0.4, -0.2) is 50.7 Å².